The summed E-state index contributed by atoms with van der Waals surface area (Å²) in [6.07, 6.45) is 2.74. The first kappa shape index (κ1) is 13.7. The lowest BCUT2D eigenvalue weighted by atomic mass is 10.4. The van der Waals surface area contributed by atoms with Crippen molar-refractivity contribution in [1.82, 2.24) is 0 Å². The van der Waals surface area contributed by atoms with Gasteiger partial charge in [-0.1, -0.05) is 13.2 Å². The van der Waals surface area contributed by atoms with E-state index < -0.39 is 16.1 Å². The lowest BCUT2D eigenvalue weighted by Crippen LogP contribution is -2.09. The minimum Gasteiger partial charge on any atom is -0.463 e. The summed E-state index contributed by atoms with van der Waals surface area (Å²) in [6, 6.07) is 0. The van der Waals surface area contributed by atoms with E-state index in [-0.39, 0.29) is 12.4 Å². The van der Waals surface area contributed by atoms with Gasteiger partial charge in [0.15, 0.2) is 0 Å². The van der Waals surface area contributed by atoms with Gasteiger partial charge in [-0.15, -0.1) is 0 Å². The molecule has 0 amide bonds. The van der Waals surface area contributed by atoms with Crippen molar-refractivity contribution in [3.8, 4) is 0 Å². The molecule has 0 heterocycles. The maximum atomic E-state index is 11.0. The van der Waals surface area contributed by atoms with Crippen LogP contribution in [0.5, 0.6) is 0 Å². The van der Waals surface area contributed by atoms with Crippen molar-refractivity contribution in [1.29, 1.82) is 0 Å². The highest BCUT2D eigenvalue weighted by Gasteiger charge is 2.08. The van der Waals surface area contributed by atoms with Crippen molar-refractivity contribution < 1.29 is 22.1 Å². The third kappa shape index (κ3) is 7.75. The maximum absolute atomic E-state index is 11.0. The van der Waals surface area contributed by atoms with Crippen molar-refractivity contribution in [2.75, 3.05) is 12.4 Å². The zero-order valence-corrected chi connectivity index (χ0v) is 9.16. The molecule has 0 N–H and O–H groups in total. The average Bonchev–Trinajstić information content (AvgIpc) is 2.16. The molecule has 0 spiro atoms. The lowest BCUT2D eigenvalue weighted by molar-refractivity contribution is -0.137. The van der Waals surface area contributed by atoms with E-state index in [0.29, 0.717) is 12.8 Å². The molecule has 0 saturated carbocycles. The first-order valence-corrected chi connectivity index (χ1v) is 5.90. The quantitative estimate of drug-likeness (QED) is 0.206. The molecule has 0 rings (SSSR count). The molecule has 6 heteroatoms. The predicted octanol–water partition coefficient (Wildman–Crippen LogP) is 0.986. The molecule has 0 aromatic carbocycles. The van der Waals surface area contributed by atoms with Crippen LogP contribution in [-0.2, 0) is 23.8 Å². The minimum absolute atomic E-state index is 0.120. The smallest absolute Gasteiger partial charge is 0.330 e. The zero-order chi connectivity index (χ0) is 11.7. The summed E-state index contributed by atoms with van der Waals surface area (Å²) in [7, 11) is -3.52. The summed E-state index contributed by atoms with van der Waals surface area (Å²) < 4.78 is 30.9. The third-order valence-corrected chi connectivity index (χ3v) is 2.63. The number of ether oxygens (including phenoxy) is 1. The average molecular weight is 234 g/mol. The largest absolute Gasteiger partial charge is 0.463 e. The number of esters is 1. The van der Waals surface area contributed by atoms with Crippen LogP contribution in [0.4, 0.5) is 0 Å². The minimum atomic E-state index is -3.52. The van der Waals surface area contributed by atoms with Crippen LogP contribution in [0.25, 0.3) is 0 Å². The van der Waals surface area contributed by atoms with Gasteiger partial charge in [0.2, 0.25) is 0 Å². The Labute approximate surface area is 89.5 Å². The standard InChI is InChI=1S/C9H14O5S/c1-3-9(10)13-7-5-6-8-15(11,12)14-4-2/h3-4H,1-2,5-8H2. The Kier molecular flexibility index (Phi) is 6.44. The van der Waals surface area contributed by atoms with Gasteiger partial charge in [-0.2, -0.15) is 8.42 Å². The normalized spacial score (nSPS) is 10.4. The molecule has 0 fully saturated rings. The van der Waals surface area contributed by atoms with E-state index in [1.54, 1.807) is 0 Å². The molecular weight excluding hydrogens is 220 g/mol. The number of unbranched alkanes of at least 4 members (excludes halogenated alkanes) is 1. The molecule has 86 valence electrons. The summed E-state index contributed by atoms with van der Waals surface area (Å²) in [6.45, 7) is 6.54. The fourth-order valence-corrected chi connectivity index (χ4v) is 1.63. The topological polar surface area (TPSA) is 69.7 Å². The molecule has 0 aromatic heterocycles. The zero-order valence-electron chi connectivity index (χ0n) is 8.35. The molecule has 0 aromatic rings. The summed E-state index contributed by atoms with van der Waals surface area (Å²) >= 11 is 0. The predicted molar refractivity (Wildman–Crippen MR) is 55.5 cm³/mol. The van der Waals surface area contributed by atoms with Crippen LogP contribution >= 0.6 is 0 Å². The Morgan fingerprint density at radius 2 is 1.93 bits per heavy atom. The van der Waals surface area contributed by atoms with Crippen molar-refractivity contribution in [2.24, 2.45) is 0 Å². The van der Waals surface area contributed by atoms with Crippen molar-refractivity contribution in [2.45, 2.75) is 12.8 Å². The maximum Gasteiger partial charge on any atom is 0.330 e. The van der Waals surface area contributed by atoms with Gasteiger partial charge in [-0.3, -0.25) is 0 Å². The Hall–Kier alpha value is -1.30. The summed E-state index contributed by atoms with van der Waals surface area (Å²) in [4.78, 5) is 10.6. The number of rotatable bonds is 8. The van der Waals surface area contributed by atoms with Crippen LogP contribution in [0.15, 0.2) is 25.5 Å². The Bertz CT molecular complexity index is 317. The van der Waals surface area contributed by atoms with Crippen LogP contribution < -0.4 is 0 Å². The Morgan fingerprint density at radius 1 is 1.27 bits per heavy atom. The highest BCUT2D eigenvalue weighted by atomic mass is 32.2. The Balaban J connectivity index is 3.59. The number of carbonyl (C=O) groups is 1. The van der Waals surface area contributed by atoms with Crippen LogP contribution in [0.3, 0.4) is 0 Å². The molecular formula is C9H14O5S. The lowest BCUT2D eigenvalue weighted by Gasteiger charge is -2.03. The molecule has 0 atom stereocenters. The molecule has 5 nitrogen and oxygen atoms in total. The fraction of sp³-hybridized carbons (Fsp3) is 0.444. The molecule has 0 saturated heterocycles. The van der Waals surface area contributed by atoms with E-state index >= 15 is 0 Å². The van der Waals surface area contributed by atoms with Gasteiger partial charge in [-0.05, 0) is 12.8 Å². The highest BCUT2D eigenvalue weighted by molar-refractivity contribution is 7.86. The van der Waals surface area contributed by atoms with E-state index in [9.17, 15) is 13.2 Å². The molecule has 0 aliphatic carbocycles. The summed E-state index contributed by atoms with van der Waals surface area (Å²) in [5, 5.41) is 0. The first-order chi connectivity index (χ1) is 7.02. The van der Waals surface area contributed by atoms with Gasteiger partial charge in [-0.25, -0.2) is 4.79 Å². The second kappa shape index (κ2) is 7.05. The summed E-state index contributed by atoms with van der Waals surface area (Å²) in [5.74, 6) is -0.634. The van der Waals surface area contributed by atoms with Gasteiger partial charge in [0.05, 0.1) is 18.6 Å². The van der Waals surface area contributed by atoms with Crippen molar-refractivity contribution in [3.63, 3.8) is 0 Å². The van der Waals surface area contributed by atoms with Crippen molar-refractivity contribution >= 4 is 16.1 Å². The van der Waals surface area contributed by atoms with E-state index in [1.807, 2.05) is 0 Å². The monoisotopic (exact) mass is 234 g/mol. The molecule has 15 heavy (non-hydrogen) atoms. The van der Waals surface area contributed by atoms with Crippen LogP contribution in [0.1, 0.15) is 12.8 Å². The molecule has 0 aliphatic heterocycles. The molecule has 0 radical (unpaired) electrons. The van der Waals surface area contributed by atoms with Crippen LogP contribution in [0, 0.1) is 0 Å². The van der Waals surface area contributed by atoms with Crippen molar-refractivity contribution in [3.05, 3.63) is 25.5 Å². The molecule has 0 unspecified atom stereocenters. The van der Waals surface area contributed by atoms with E-state index in [2.05, 4.69) is 22.1 Å². The van der Waals surface area contributed by atoms with Gasteiger partial charge in [0.1, 0.15) is 0 Å². The first-order valence-electron chi connectivity index (χ1n) is 4.33. The fourth-order valence-electron chi connectivity index (χ4n) is 0.764. The van der Waals surface area contributed by atoms with E-state index in [4.69, 9.17) is 0 Å². The van der Waals surface area contributed by atoms with Crippen LogP contribution in [0.2, 0.25) is 0 Å². The highest BCUT2D eigenvalue weighted by Crippen LogP contribution is 2.00. The molecule has 0 bridgehead atoms. The third-order valence-electron chi connectivity index (χ3n) is 1.41. The molecule has 0 aliphatic rings. The number of hydrogen-bond acceptors (Lipinski definition) is 5. The van der Waals surface area contributed by atoms with Gasteiger partial charge < -0.3 is 8.92 Å². The van der Waals surface area contributed by atoms with Gasteiger partial charge >= 0.3 is 16.1 Å². The van der Waals surface area contributed by atoms with E-state index in [0.717, 1.165) is 12.3 Å². The Morgan fingerprint density at radius 3 is 2.47 bits per heavy atom. The number of hydrogen-bond donors (Lipinski definition) is 0. The second-order valence-electron chi connectivity index (χ2n) is 2.60. The van der Waals surface area contributed by atoms with Gasteiger partial charge in [0.25, 0.3) is 0 Å². The SMILES string of the molecule is C=COS(=O)(=O)CCCCOC(=O)C=C. The number of carbonyl (C=O) groups excluding carboxylic acids is 1. The summed E-state index contributed by atoms with van der Waals surface area (Å²) in [5.41, 5.74) is 0. The van der Waals surface area contributed by atoms with E-state index in [1.165, 1.54) is 0 Å². The second-order valence-corrected chi connectivity index (χ2v) is 4.32. The van der Waals surface area contributed by atoms with Gasteiger partial charge in [0, 0.05) is 6.08 Å². The van der Waals surface area contributed by atoms with Crippen LogP contribution in [-0.4, -0.2) is 26.7 Å².